The predicted molar refractivity (Wildman–Crippen MR) is 128 cm³/mol. The Morgan fingerprint density at radius 3 is 1.97 bits per heavy atom. The molecule has 1 aromatic rings. The molecule has 30 heavy (non-hydrogen) atoms. The Morgan fingerprint density at radius 1 is 0.867 bits per heavy atom. The summed E-state index contributed by atoms with van der Waals surface area (Å²) in [5.41, 5.74) is 1.79. The molecule has 1 rings (SSSR count). The number of ether oxygens (including phenoxy) is 1. The van der Waals surface area contributed by atoms with E-state index in [1.807, 2.05) is 43.3 Å². The summed E-state index contributed by atoms with van der Waals surface area (Å²) in [5, 5.41) is 0. The van der Waals surface area contributed by atoms with Crippen LogP contribution in [-0.2, 0) is 0 Å². The van der Waals surface area contributed by atoms with E-state index in [1.165, 1.54) is 38.8 Å². The van der Waals surface area contributed by atoms with E-state index in [1.54, 1.807) is 6.08 Å². The molecule has 0 N–H and O–H groups in total. The molecule has 4 nitrogen and oxygen atoms in total. The summed E-state index contributed by atoms with van der Waals surface area (Å²) < 4.78 is 5.91. The first-order chi connectivity index (χ1) is 14.5. The molecule has 0 atom stereocenters. The molecule has 0 fully saturated rings. The van der Waals surface area contributed by atoms with Gasteiger partial charge in [0, 0.05) is 38.0 Å². The molecular formula is C26H44N2O2. The lowest BCUT2D eigenvalue weighted by atomic mass is 10.1. The van der Waals surface area contributed by atoms with Gasteiger partial charge in [-0.05, 0) is 69.5 Å². The molecule has 0 aromatic heterocycles. The van der Waals surface area contributed by atoms with E-state index in [0.29, 0.717) is 12.2 Å². The van der Waals surface area contributed by atoms with E-state index >= 15 is 0 Å². The van der Waals surface area contributed by atoms with Crippen molar-refractivity contribution in [3.05, 3.63) is 41.6 Å². The van der Waals surface area contributed by atoms with Crippen LogP contribution in [0.5, 0.6) is 5.75 Å². The summed E-state index contributed by atoms with van der Waals surface area (Å²) in [6.07, 6.45) is 11.0. The molecule has 1 aromatic carbocycles. The predicted octanol–water partition coefficient (Wildman–Crippen LogP) is 6.18. The van der Waals surface area contributed by atoms with Crippen molar-refractivity contribution in [3.63, 3.8) is 0 Å². The Labute approximate surface area is 185 Å². The Kier molecular flexibility index (Phi) is 13.9. The Hall–Kier alpha value is -1.81. The number of allylic oxidation sites excluding steroid dienone is 2. The van der Waals surface area contributed by atoms with Gasteiger partial charge >= 0.3 is 0 Å². The maximum absolute atomic E-state index is 12.6. The van der Waals surface area contributed by atoms with E-state index < -0.39 is 0 Å². The minimum Gasteiger partial charge on any atom is -0.494 e. The largest absolute Gasteiger partial charge is 0.494 e. The lowest BCUT2D eigenvalue weighted by Gasteiger charge is -2.21. The number of rotatable bonds is 17. The molecule has 0 heterocycles. The van der Waals surface area contributed by atoms with Crippen molar-refractivity contribution in [3.8, 4) is 5.75 Å². The number of nitrogens with zero attached hydrogens (tertiary/aromatic N) is 2. The highest BCUT2D eigenvalue weighted by atomic mass is 16.5. The second-order valence-electron chi connectivity index (χ2n) is 8.27. The Morgan fingerprint density at radius 2 is 1.43 bits per heavy atom. The van der Waals surface area contributed by atoms with Crippen molar-refractivity contribution < 1.29 is 9.53 Å². The van der Waals surface area contributed by atoms with Crippen LogP contribution in [0.1, 0.15) is 82.5 Å². The van der Waals surface area contributed by atoms with E-state index in [2.05, 4.69) is 25.7 Å². The molecule has 0 saturated heterocycles. The fourth-order valence-electron chi connectivity index (χ4n) is 3.31. The fraction of sp³-hybridized carbons (Fsp3) is 0.654. The zero-order valence-corrected chi connectivity index (χ0v) is 20.1. The first-order valence-electron chi connectivity index (χ1n) is 11.9. The summed E-state index contributed by atoms with van der Waals surface area (Å²) in [6, 6.07) is 7.56. The number of carbonyl (C=O) groups is 1. The molecule has 0 unspecified atom stereocenters. The SMILES string of the molecule is CCCCC(=CC(=O)c1ccc(OCCCN(CCCC)CCCC)cc1)N(C)C. The average Bonchev–Trinajstić information content (AvgIpc) is 2.75. The van der Waals surface area contributed by atoms with Gasteiger partial charge in [0.1, 0.15) is 5.75 Å². The number of unbranched alkanes of at least 4 members (excludes halogenated alkanes) is 3. The van der Waals surface area contributed by atoms with Crippen LogP contribution in [0.3, 0.4) is 0 Å². The minimum atomic E-state index is 0.0591. The van der Waals surface area contributed by atoms with Crippen molar-refractivity contribution in [1.29, 1.82) is 0 Å². The summed E-state index contributed by atoms with van der Waals surface area (Å²) in [5.74, 6) is 0.895. The van der Waals surface area contributed by atoms with Crippen LogP contribution in [0.15, 0.2) is 36.0 Å². The third-order valence-electron chi connectivity index (χ3n) is 5.34. The van der Waals surface area contributed by atoms with Gasteiger partial charge in [-0.3, -0.25) is 4.79 Å². The van der Waals surface area contributed by atoms with Gasteiger partial charge in [0.15, 0.2) is 5.78 Å². The maximum Gasteiger partial charge on any atom is 0.187 e. The van der Waals surface area contributed by atoms with E-state index in [4.69, 9.17) is 4.74 Å². The van der Waals surface area contributed by atoms with Crippen LogP contribution < -0.4 is 4.74 Å². The molecule has 0 aliphatic rings. The van der Waals surface area contributed by atoms with Crippen molar-refractivity contribution in [2.75, 3.05) is 40.3 Å². The molecule has 0 spiro atoms. The van der Waals surface area contributed by atoms with E-state index in [0.717, 1.165) is 43.7 Å². The lowest BCUT2D eigenvalue weighted by Crippen LogP contribution is -2.28. The minimum absolute atomic E-state index is 0.0591. The third-order valence-corrected chi connectivity index (χ3v) is 5.34. The third kappa shape index (κ3) is 10.8. The molecule has 0 saturated carbocycles. The van der Waals surface area contributed by atoms with Crippen molar-refractivity contribution in [2.24, 2.45) is 0 Å². The lowest BCUT2D eigenvalue weighted by molar-refractivity contribution is 0.104. The molecule has 0 radical (unpaired) electrons. The van der Waals surface area contributed by atoms with E-state index in [9.17, 15) is 4.79 Å². The number of carbonyl (C=O) groups excluding carboxylic acids is 1. The van der Waals surface area contributed by atoms with Gasteiger partial charge in [-0.15, -0.1) is 0 Å². The number of benzene rings is 1. The maximum atomic E-state index is 12.6. The first kappa shape index (κ1) is 26.2. The van der Waals surface area contributed by atoms with E-state index in [-0.39, 0.29) is 5.78 Å². The van der Waals surface area contributed by atoms with Gasteiger partial charge in [0.05, 0.1) is 6.61 Å². The molecule has 0 aliphatic heterocycles. The smallest absolute Gasteiger partial charge is 0.187 e. The van der Waals surface area contributed by atoms with Crippen LogP contribution in [0.25, 0.3) is 0 Å². The zero-order chi connectivity index (χ0) is 22.2. The molecular weight excluding hydrogens is 372 g/mol. The summed E-state index contributed by atoms with van der Waals surface area (Å²) in [6.45, 7) is 10.8. The summed E-state index contributed by atoms with van der Waals surface area (Å²) in [7, 11) is 3.99. The van der Waals surface area contributed by atoms with Crippen molar-refractivity contribution >= 4 is 5.78 Å². The highest BCUT2D eigenvalue weighted by Gasteiger charge is 2.08. The monoisotopic (exact) mass is 416 g/mol. The van der Waals surface area contributed by atoms with Crippen LogP contribution in [0.2, 0.25) is 0 Å². The normalized spacial score (nSPS) is 11.7. The number of ketones is 1. The quantitative estimate of drug-likeness (QED) is 0.173. The van der Waals surface area contributed by atoms with Crippen LogP contribution in [-0.4, -0.2) is 55.9 Å². The standard InChI is InChI=1S/C26H44N2O2/c1-6-9-13-24(27(4)5)22-26(29)23-14-16-25(17-15-23)30-21-12-20-28(18-10-7-2)19-11-8-3/h14-17,22H,6-13,18-21H2,1-5H3. The summed E-state index contributed by atoms with van der Waals surface area (Å²) in [4.78, 5) is 17.2. The molecule has 4 heteroatoms. The van der Waals surface area contributed by atoms with Crippen LogP contribution >= 0.6 is 0 Å². The fourth-order valence-corrected chi connectivity index (χ4v) is 3.31. The topological polar surface area (TPSA) is 32.8 Å². The first-order valence-corrected chi connectivity index (χ1v) is 11.9. The second-order valence-corrected chi connectivity index (χ2v) is 8.27. The van der Waals surface area contributed by atoms with Gasteiger partial charge in [0.2, 0.25) is 0 Å². The zero-order valence-electron chi connectivity index (χ0n) is 20.1. The number of hydrogen-bond donors (Lipinski definition) is 0. The van der Waals surface area contributed by atoms with Crippen LogP contribution in [0, 0.1) is 0 Å². The molecule has 170 valence electrons. The van der Waals surface area contributed by atoms with Gasteiger partial charge in [-0.2, -0.15) is 0 Å². The highest BCUT2D eigenvalue weighted by molar-refractivity contribution is 6.04. The Bertz CT molecular complexity index is 600. The van der Waals surface area contributed by atoms with Crippen molar-refractivity contribution in [1.82, 2.24) is 9.80 Å². The number of hydrogen-bond acceptors (Lipinski definition) is 4. The average molecular weight is 417 g/mol. The second kappa shape index (κ2) is 16.0. The molecule has 0 aliphatic carbocycles. The summed E-state index contributed by atoms with van der Waals surface area (Å²) >= 11 is 0. The molecule has 0 amide bonds. The van der Waals surface area contributed by atoms with Gasteiger partial charge in [-0.25, -0.2) is 0 Å². The van der Waals surface area contributed by atoms with Gasteiger partial charge in [0.25, 0.3) is 0 Å². The van der Waals surface area contributed by atoms with Crippen molar-refractivity contribution in [2.45, 2.75) is 72.1 Å². The molecule has 0 bridgehead atoms. The van der Waals surface area contributed by atoms with Crippen LogP contribution in [0.4, 0.5) is 0 Å². The Balaban J connectivity index is 2.50. The highest BCUT2D eigenvalue weighted by Crippen LogP contribution is 2.16. The van der Waals surface area contributed by atoms with Gasteiger partial charge in [-0.1, -0.05) is 40.0 Å². The van der Waals surface area contributed by atoms with Gasteiger partial charge < -0.3 is 14.5 Å².